The Hall–Kier alpha value is -3.55. The maximum absolute atomic E-state index is 14.3. The Labute approximate surface area is 258 Å². The molecular formula is C31H40FN7O4S. The lowest BCUT2D eigenvalue weighted by Crippen LogP contribution is -2.53. The molecule has 1 amide bonds. The van der Waals surface area contributed by atoms with Gasteiger partial charge in [0.25, 0.3) is 5.91 Å². The van der Waals surface area contributed by atoms with E-state index in [2.05, 4.69) is 26.3 Å². The fourth-order valence-corrected chi connectivity index (χ4v) is 7.76. The highest BCUT2D eigenvalue weighted by molar-refractivity contribution is 7.88. The Morgan fingerprint density at radius 3 is 2.50 bits per heavy atom. The molecule has 1 N–H and O–H groups in total. The van der Waals surface area contributed by atoms with E-state index in [1.807, 2.05) is 28.8 Å². The minimum Gasteiger partial charge on any atom is -0.491 e. The zero-order chi connectivity index (χ0) is 31.1. The summed E-state index contributed by atoms with van der Waals surface area (Å²) in [4.78, 5) is 27.1. The van der Waals surface area contributed by atoms with Gasteiger partial charge in [0.2, 0.25) is 16.0 Å². The van der Waals surface area contributed by atoms with E-state index in [-0.39, 0.29) is 23.6 Å². The largest absolute Gasteiger partial charge is 0.491 e. The summed E-state index contributed by atoms with van der Waals surface area (Å²) >= 11 is 0. The summed E-state index contributed by atoms with van der Waals surface area (Å²) in [6, 6.07) is 5.84. The van der Waals surface area contributed by atoms with E-state index in [4.69, 9.17) is 4.74 Å². The second kappa shape index (κ2) is 12.1. The average molecular weight is 626 g/mol. The lowest BCUT2D eigenvalue weighted by molar-refractivity contribution is 0.0561. The monoisotopic (exact) mass is 625 g/mol. The SMILES string of the molecule is CCOc1cc(CN2CC3(CCC3)c3c(CN4CCN(S(C)(=O)=O)CC4)cc(Cn4ccnc4NC)cc3C2=O)ncc1F. The third kappa shape index (κ3) is 5.92. The van der Waals surface area contributed by atoms with Gasteiger partial charge in [0, 0.05) is 75.8 Å². The molecule has 1 spiro atoms. The molecule has 0 atom stereocenters. The minimum atomic E-state index is -3.23. The van der Waals surface area contributed by atoms with Gasteiger partial charge in [0.1, 0.15) is 0 Å². The van der Waals surface area contributed by atoms with Gasteiger partial charge in [-0.3, -0.25) is 14.7 Å². The van der Waals surface area contributed by atoms with Crippen LogP contribution in [0.4, 0.5) is 10.3 Å². The van der Waals surface area contributed by atoms with Crippen molar-refractivity contribution in [3.63, 3.8) is 0 Å². The molecule has 6 rings (SSSR count). The molecule has 3 aromatic rings. The third-order valence-corrected chi connectivity index (χ3v) is 10.5. The normalized spacial score (nSPS) is 18.7. The molecular weight excluding hydrogens is 585 g/mol. The molecule has 1 aliphatic carbocycles. The van der Waals surface area contributed by atoms with Crippen LogP contribution in [0, 0.1) is 5.82 Å². The van der Waals surface area contributed by atoms with E-state index in [1.54, 1.807) is 19.2 Å². The van der Waals surface area contributed by atoms with Gasteiger partial charge in [-0.05, 0) is 42.5 Å². The molecule has 11 nitrogen and oxygen atoms in total. The first-order chi connectivity index (χ1) is 21.1. The van der Waals surface area contributed by atoms with Gasteiger partial charge in [0.15, 0.2) is 11.6 Å². The number of anilines is 1. The van der Waals surface area contributed by atoms with Gasteiger partial charge in [0.05, 0.1) is 37.8 Å². The maximum Gasteiger partial charge on any atom is 0.254 e. The van der Waals surface area contributed by atoms with Gasteiger partial charge >= 0.3 is 0 Å². The lowest BCUT2D eigenvalue weighted by Gasteiger charge is -2.51. The maximum atomic E-state index is 14.3. The molecule has 44 heavy (non-hydrogen) atoms. The Bertz CT molecular complexity index is 1650. The standard InChI is InChI=1S/C31H40FN7O4S/c1-4-43-27-16-24(35-17-26(27)32)20-38-21-31(6-5-7-31)28-23(19-36-10-12-39(13-11-36)44(3,41)42)14-22(15-25(28)29(38)40)18-37-9-8-34-30(37)33-2/h8-9,14-17H,4-7,10-13,18-21H2,1-3H3,(H,33,34). The van der Waals surface area contributed by atoms with Gasteiger partial charge < -0.3 is 19.5 Å². The fourth-order valence-electron chi connectivity index (χ4n) is 6.94. The molecule has 236 valence electrons. The number of aromatic nitrogens is 3. The van der Waals surface area contributed by atoms with Gasteiger partial charge in [-0.25, -0.2) is 17.8 Å². The summed E-state index contributed by atoms with van der Waals surface area (Å²) in [6.07, 6.45) is 9.11. The summed E-state index contributed by atoms with van der Waals surface area (Å²) in [6.45, 7) is 6.31. The number of sulfonamides is 1. The third-order valence-electron chi connectivity index (χ3n) is 9.15. The fraction of sp³-hybridized carbons (Fsp3) is 0.516. The molecule has 1 aromatic carbocycles. The summed E-state index contributed by atoms with van der Waals surface area (Å²) in [5.74, 6) is 0.290. The van der Waals surface area contributed by atoms with Gasteiger partial charge in [-0.2, -0.15) is 4.31 Å². The smallest absolute Gasteiger partial charge is 0.254 e. The van der Waals surface area contributed by atoms with Crippen molar-refractivity contribution < 1.29 is 22.3 Å². The van der Waals surface area contributed by atoms with Crippen molar-refractivity contribution in [2.45, 2.75) is 51.2 Å². The molecule has 2 fully saturated rings. The minimum absolute atomic E-state index is 0.0638. The summed E-state index contributed by atoms with van der Waals surface area (Å²) in [5, 5.41) is 3.12. The van der Waals surface area contributed by atoms with E-state index in [0.717, 1.165) is 48.1 Å². The number of halogens is 1. The summed E-state index contributed by atoms with van der Waals surface area (Å²) in [5.41, 5.74) is 4.36. The van der Waals surface area contributed by atoms with Crippen LogP contribution >= 0.6 is 0 Å². The number of carbonyl (C=O) groups excluding carboxylic acids is 1. The predicted octanol–water partition coefficient (Wildman–Crippen LogP) is 3.06. The van der Waals surface area contributed by atoms with Crippen molar-refractivity contribution in [1.29, 1.82) is 0 Å². The highest BCUT2D eigenvalue weighted by Crippen LogP contribution is 2.50. The molecule has 1 saturated carbocycles. The quantitative estimate of drug-likeness (QED) is 0.366. The number of benzene rings is 1. The number of piperazine rings is 1. The van der Waals surface area contributed by atoms with Gasteiger partial charge in [-0.15, -0.1) is 0 Å². The van der Waals surface area contributed by atoms with Crippen LogP contribution in [0.15, 0.2) is 36.8 Å². The Morgan fingerprint density at radius 2 is 1.84 bits per heavy atom. The second-order valence-electron chi connectivity index (χ2n) is 12.1. The first kappa shape index (κ1) is 30.5. The number of carbonyl (C=O) groups is 1. The van der Waals surface area contributed by atoms with Crippen LogP contribution in [0.1, 0.15) is 58.9 Å². The number of ether oxygens (including phenoxy) is 1. The van der Waals surface area contributed by atoms with Crippen LogP contribution in [0.5, 0.6) is 5.75 Å². The predicted molar refractivity (Wildman–Crippen MR) is 165 cm³/mol. The van der Waals surface area contributed by atoms with E-state index >= 15 is 0 Å². The summed E-state index contributed by atoms with van der Waals surface area (Å²) < 4.78 is 47.5. The van der Waals surface area contributed by atoms with Crippen LogP contribution < -0.4 is 10.1 Å². The molecule has 0 bridgehead atoms. The zero-order valence-electron chi connectivity index (χ0n) is 25.6. The number of nitrogens with zero attached hydrogens (tertiary/aromatic N) is 6. The number of nitrogens with one attached hydrogen (secondary N) is 1. The Morgan fingerprint density at radius 1 is 1.07 bits per heavy atom. The van der Waals surface area contributed by atoms with Crippen molar-refractivity contribution in [2.24, 2.45) is 0 Å². The van der Waals surface area contributed by atoms with Crippen LogP contribution in [0.25, 0.3) is 0 Å². The van der Waals surface area contributed by atoms with Crippen molar-refractivity contribution in [3.8, 4) is 5.75 Å². The van der Waals surface area contributed by atoms with Crippen molar-refractivity contribution in [3.05, 3.63) is 70.6 Å². The lowest BCUT2D eigenvalue weighted by atomic mass is 9.60. The van der Waals surface area contributed by atoms with Crippen LogP contribution in [-0.4, -0.2) is 95.6 Å². The van der Waals surface area contributed by atoms with E-state index in [9.17, 15) is 17.6 Å². The number of pyridine rings is 1. The average Bonchev–Trinajstić information content (AvgIpc) is 3.42. The van der Waals surface area contributed by atoms with Crippen molar-refractivity contribution >= 4 is 21.9 Å². The Balaban J connectivity index is 1.36. The molecule has 3 aliphatic rings. The molecule has 4 heterocycles. The number of hydrogen-bond donors (Lipinski definition) is 1. The Kier molecular flexibility index (Phi) is 8.38. The molecule has 0 radical (unpaired) electrons. The zero-order valence-corrected chi connectivity index (χ0v) is 26.4. The molecule has 2 aromatic heterocycles. The summed E-state index contributed by atoms with van der Waals surface area (Å²) in [7, 11) is -1.40. The van der Waals surface area contributed by atoms with Crippen LogP contribution in [-0.2, 0) is 35.1 Å². The van der Waals surface area contributed by atoms with Crippen LogP contribution in [0.3, 0.4) is 0 Å². The van der Waals surface area contributed by atoms with E-state index in [0.29, 0.717) is 63.7 Å². The highest BCUT2D eigenvalue weighted by atomic mass is 32.2. The van der Waals surface area contributed by atoms with Gasteiger partial charge in [-0.1, -0.05) is 12.5 Å². The van der Waals surface area contributed by atoms with Crippen molar-refractivity contribution in [2.75, 3.05) is 58.0 Å². The van der Waals surface area contributed by atoms with Crippen LogP contribution in [0.2, 0.25) is 0 Å². The number of hydrogen-bond acceptors (Lipinski definition) is 8. The molecule has 1 saturated heterocycles. The molecule has 13 heteroatoms. The number of amides is 1. The first-order valence-corrected chi connectivity index (χ1v) is 17.0. The topological polar surface area (TPSA) is 113 Å². The number of fused-ring (bicyclic) bond motifs is 2. The first-order valence-electron chi connectivity index (χ1n) is 15.2. The van der Waals surface area contributed by atoms with Crippen molar-refractivity contribution in [1.82, 2.24) is 28.6 Å². The molecule has 2 aliphatic heterocycles. The number of rotatable bonds is 10. The highest BCUT2D eigenvalue weighted by Gasteiger charge is 2.48. The van der Waals surface area contributed by atoms with E-state index in [1.165, 1.54) is 10.6 Å². The molecule has 0 unspecified atom stereocenters. The number of imidazole rings is 1. The van der Waals surface area contributed by atoms with E-state index < -0.39 is 15.8 Å². The second-order valence-corrected chi connectivity index (χ2v) is 14.1.